The molecule has 0 radical (unpaired) electrons. The van der Waals surface area contributed by atoms with Gasteiger partial charge in [0.05, 0.1) is 23.4 Å². The van der Waals surface area contributed by atoms with E-state index in [0.717, 1.165) is 0 Å². The van der Waals surface area contributed by atoms with Crippen LogP contribution in [-0.4, -0.2) is 57.3 Å². The number of halogens is 3. The molecule has 1 amide bonds. The Kier molecular flexibility index (Phi) is 5.66. The molecule has 166 valence electrons. The molecule has 0 saturated heterocycles. The van der Waals surface area contributed by atoms with Crippen molar-refractivity contribution < 1.29 is 27.8 Å². The maximum Gasteiger partial charge on any atom is 0.438 e. The van der Waals surface area contributed by atoms with Gasteiger partial charge >= 0.3 is 6.18 Å². The quantitative estimate of drug-likeness (QED) is 0.647. The minimum Gasteiger partial charge on any atom is -0.384 e. The van der Waals surface area contributed by atoms with Gasteiger partial charge in [-0.1, -0.05) is 18.2 Å². The molecule has 0 spiro atoms. The Morgan fingerprint density at radius 2 is 2.03 bits per heavy atom. The Bertz CT molecular complexity index is 1180. The molecule has 1 aliphatic heterocycles. The number of hydrazone groups is 1. The zero-order chi connectivity index (χ0) is 22.9. The van der Waals surface area contributed by atoms with Gasteiger partial charge in [-0.05, 0) is 24.3 Å². The van der Waals surface area contributed by atoms with Gasteiger partial charge in [0.15, 0.2) is 0 Å². The standard InChI is InChI=1S/C22H19F3N4O3/c1-32-10-8-15-12-21(31,22(23,24)25)29(28-15)20(30)17-11-19(14-5-4-9-26-13-14)27-18-7-3-2-6-16(17)18/h2-7,9,11,13,31H,8,10,12H2,1H3/t21-/m1/s1. The molecule has 0 unspecified atom stereocenters. The van der Waals surface area contributed by atoms with Crippen molar-refractivity contribution >= 4 is 22.5 Å². The molecule has 1 N–H and O–H groups in total. The van der Waals surface area contributed by atoms with Crippen molar-refractivity contribution in [2.75, 3.05) is 13.7 Å². The smallest absolute Gasteiger partial charge is 0.384 e. The molecule has 4 rings (SSSR count). The lowest BCUT2D eigenvalue weighted by Gasteiger charge is -2.32. The van der Waals surface area contributed by atoms with Crippen LogP contribution >= 0.6 is 0 Å². The fraction of sp³-hybridized carbons (Fsp3) is 0.273. The second kappa shape index (κ2) is 8.29. The summed E-state index contributed by atoms with van der Waals surface area (Å²) in [5.41, 5.74) is -2.13. The van der Waals surface area contributed by atoms with E-state index in [0.29, 0.717) is 22.2 Å². The monoisotopic (exact) mass is 444 g/mol. The predicted molar refractivity (Wildman–Crippen MR) is 111 cm³/mol. The molecule has 1 aromatic carbocycles. The van der Waals surface area contributed by atoms with Crippen LogP contribution in [0, 0.1) is 0 Å². The number of fused-ring (bicyclic) bond motifs is 1. The summed E-state index contributed by atoms with van der Waals surface area (Å²) in [5.74, 6) is -1.08. The molecule has 0 bridgehead atoms. The molecule has 0 saturated carbocycles. The minimum absolute atomic E-state index is 0.0193. The number of aromatic nitrogens is 2. The summed E-state index contributed by atoms with van der Waals surface area (Å²) in [5, 5.41) is 14.9. The highest BCUT2D eigenvalue weighted by Crippen LogP contribution is 2.42. The van der Waals surface area contributed by atoms with Crippen molar-refractivity contribution in [1.29, 1.82) is 0 Å². The van der Waals surface area contributed by atoms with Crippen LogP contribution in [0.25, 0.3) is 22.2 Å². The number of aliphatic hydroxyl groups is 1. The lowest BCUT2D eigenvalue weighted by Crippen LogP contribution is -2.56. The summed E-state index contributed by atoms with van der Waals surface area (Å²) in [7, 11) is 1.40. The normalized spacial score (nSPS) is 18.8. The first-order valence-corrected chi connectivity index (χ1v) is 9.74. The van der Waals surface area contributed by atoms with Crippen LogP contribution in [0.5, 0.6) is 0 Å². The third-order valence-electron chi connectivity index (χ3n) is 5.19. The minimum atomic E-state index is -5.12. The van der Waals surface area contributed by atoms with Gasteiger partial charge in [-0.3, -0.25) is 9.78 Å². The lowest BCUT2D eigenvalue weighted by atomic mass is 10.0. The summed E-state index contributed by atoms with van der Waals surface area (Å²) in [6.07, 6.45) is -2.80. The number of benzene rings is 1. The molecule has 7 nitrogen and oxygen atoms in total. The number of alkyl halides is 3. The maximum absolute atomic E-state index is 13.9. The second-order valence-corrected chi connectivity index (χ2v) is 7.33. The molecular formula is C22H19F3N4O3. The average molecular weight is 444 g/mol. The Balaban J connectivity index is 1.85. The van der Waals surface area contributed by atoms with E-state index in [2.05, 4.69) is 15.1 Å². The Hall–Kier alpha value is -3.37. The number of pyridine rings is 2. The molecule has 0 fully saturated rings. The molecule has 32 heavy (non-hydrogen) atoms. The average Bonchev–Trinajstić information content (AvgIpc) is 3.14. The number of hydrogen-bond donors (Lipinski definition) is 1. The molecule has 3 heterocycles. The summed E-state index contributed by atoms with van der Waals surface area (Å²) >= 11 is 0. The highest BCUT2D eigenvalue weighted by atomic mass is 19.4. The van der Waals surface area contributed by atoms with E-state index >= 15 is 0 Å². The number of rotatable bonds is 5. The number of para-hydroxylation sites is 1. The molecule has 2 aromatic heterocycles. The highest BCUT2D eigenvalue weighted by Gasteiger charge is 2.63. The number of methoxy groups -OCH3 is 1. The van der Waals surface area contributed by atoms with Gasteiger partial charge in [-0.25, -0.2) is 4.98 Å². The summed E-state index contributed by atoms with van der Waals surface area (Å²) < 4.78 is 46.5. The number of hydrogen-bond acceptors (Lipinski definition) is 6. The predicted octanol–water partition coefficient (Wildman–Crippen LogP) is 3.79. The van der Waals surface area contributed by atoms with Gasteiger partial charge in [0, 0.05) is 49.0 Å². The van der Waals surface area contributed by atoms with Crippen LogP contribution in [0.15, 0.2) is 60.0 Å². The third kappa shape index (κ3) is 3.82. The summed E-state index contributed by atoms with van der Waals surface area (Å²) in [4.78, 5) is 21.9. The van der Waals surface area contributed by atoms with E-state index in [4.69, 9.17) is 4.74 Å². The Labute approximate surface area is 181 Å². The van der Waals surface area contributed by atoms with Gasteiger partial charge in [0.2, 0.25) is 0 Å². The molecule has 1 aliphatic rings. The van der Waals surface area contributed by atoms with Gasteiger partial charge in [0.1, 0.15) is 0 Å². The van der Waals surface area contributed by atoms with Crippen molar-refractivity contribution in [1.82, 2.24) is 15.0 Å². The number of nitrogens with zero attached hydrogens (tertiary/aromatic N) is 4. The Morgan fingerprint density at radius 1 is 1.25 bits per heavy atom. The third-order valence-corrected chi connectivity index (χ3v) is 5.19. The molecule has 1 atom stereocenters. The molecule has 3 aromatic rings. The maximum atomic E-state index is 13.9. The topological polar surface area (TPSA) is 87.9 Å². The fourth-order valence-electron chi connectivity index (χ4n) is 3.54. The number of carbonyl (C=O) groups excluding carboxylic acids is 1. The van der Waals surface area contributed by atoms with E-state index in [1.165, 1.54) is 19.4 Å². The zero-order valence-electron chi connectivity index (χ0n) is 17.0. The van der Waals surface area contributed by atoms with Crippen molar-refractivity contribution in [3.63, 3.8) is 0 Å². The fourth-order valence-corrected chi connectivity index (χ4v) is 3.54. The Morgan fingerprint density at radius 3 is 2.72 bits per heavy atom. The van der Waals surface area contributed by atoms with Crippen LogP contribution in [0.4, 0.5) is 13.2 Å². The first-order chi connectivity index (χ1) is 15.2. The van der Waals surface area contributed by atoms with Crippen molar-refractivity contribution in [3.05, 3.63) is 60.4 Å². The molecule has 10 heteroatoms. The van der Waals surface area contributed by atoms with Crippen LogP contribution in [0.3, 0.4) is 0 Å². The van der Waals surface area contributed by atoms with Crippen molar-refractivity contribution in [2.24, 2.45) is 5.10 Å². The largest absolute Gasteiger partial charge is 0.438 e. The van der Waals surface area contributed by atoms with Gasteiger partial charge in [-0.2, -0.15) is 23.3 Å². The van der Waals surface area contributed by atoms with Crippen LogP contribution < -0.4 is 0 Å². The highest BCUT2D eigenvalue weighted by molar-refractivity contribution is 6.08. The molecule has 0 aliphatic carbocycles. The number of amides is 1. The SMILES string of the molecule is COCCC1=NN(C(=O)c2cc(-c3cccnc3)nc3ccccc23)[C@](O)(C(F)(F)F)C1. The van der Waals surface area contributed by atoms with E-state index in [-0.39, 0.29) is 29.3 Å². The van der Waals surface area contributed by atoms with Crippen LogP contribution in [-0.2, 0) is 4.74 Å². The number of ether oxygens (including phenoxy) is 1. The van der Waals surface area contributed by atoms with Crippen molar-refractivity contribution in [3.8, 4) is 11.3 Å². The van der Waals surface area contributed by atoms with Gasteiger partial charge < -0.3 is 9.84 Å². The van der Waals surface area contributed by atoms with Gasteiger partial charge in [0.25, 0.3) is 11.6 Å². The summed E-state index contributed by atoms with van der Waals surface area (Å²) in [6, 6.07) is 11.4. The van der Waals surface area contributed by atoms with Gasteiger partial charge in [-0.15, -0.1) is 0 Å². The van der Waals surface area contributed by atoms with E-state index in [9.17, 15) is 23.1 Å². The number of carbonyl (C=O) groups is 1. The van der Waals surface area contributed by atoms with E-state index in [1.807, 2.05) is 0 Å². The van der Waals surface area contributed by atoms with E-state index < -0.39 is 24.2 Å². The first kappa shape index (κ1) is 21.8. The summed E-state index contributed by atoms with van der Waals surface area (Å²) in [6.45, 7) is 0.109. The van der Waals surface area contributed by atoms with E-state index in [1.54, 1.807) is 42.6 Å². The lowest BCUT2D eigenvalue weighted by molar-refractivity contribution is -0.297. The molecular weight excluding hydrogens is 425 g/mol. The van der Waals surface area contributed by atoms with Crippen LogP contribution in [0.1, 0.15) is 23.2 Å². The van der Waals surface area contributed by atoms with Crippen LogP contribution in [0.2, 0.25) is 0 Å². The first-order valence-electron chi connectivity index (χ1n) is 9.74. The van der Waals surface area contributed by atoms with Crippen molar-refractivity contribution in [2.45, 2.75) is 24.7 Å². The second-order valence-electron chi connectivity index (χ2n) is 7.33. The zero-order valence-corrected chi connectivity index (χ0v) is 17.0.